The van der Waals surface area contributed by atoms with Gasteiger partial charge in [-0.05, 0) is 80.2 Å². The Bertz CT molecular complexity index is 738. The molecule has 0 bridgehead atoms. The average Bonchev–Trinajstić information content (AvgIpc) is 2.61. The Morgan fingerprint density at radius 3 is 2.04 bits per heavy atom. The highest BCUT2D eigenvalue weighted by Gasteiger charge is 2.27. The minimum Gasteiger partial charge on any atom is -0.487 e. The Morgan fingerprint density at radius 2 is 1.50 bits per heavy atom. The summed E-state index contributed by atoms with van der Waals surface area (Å²) in [6.45, 7) is 17.9. The fraction of sp³-hybridized carbons (Fsp3) is 0.520. The molecule has 2 aromatic carbocycles. The minimum atomic E-state index is -0.151. The normalized spacial score (nSPS) is 12.3. The van der Waals surface area contributed by atoms with Crippen LogP contribution >= 0.6 is 0 Å². The zero-order valence-corrected chi connectivity index (χ0v) is 18.0. The topological polar surface area (TPSA) is 9.23 Å². The van der Waals surface area contributed by atoms with Gasteiger partial charge in [-0.3, -0.25) is 0 Å². The van der Waals surface area contributed by atoms with E-state index in [1.54, 1.807) is 0 Å². The van der Waals surface area contributed by atoms with E-state index in [0.29, 0.717) is 0 Å². The van der Waals surface area contributed by atoms with E-state index in [-0.39, 0.29) is 11.0 Å². The van der Waals surface area contributed by atoms with Crippen LogP contribution in [0, 0.1) is 13.8 Å². The van der Waals surface area contributed by atoms with Gasteiger partial charge in [0.1, 0.15) is 11.4 Å². The molecule has 0 amide bonds. The van der Waals surface area contributed by atoms with Gasteiger partial charge >= 0.3 is 0 Å². The smallest absolute Gasteiger partial charge is 0.126 e. The van der Waals surface area contributed by atoms with E-state index in [0.717, 1.165) is 25.0 Å². The lowest BCUT2D eigenvalue weighted by atomic mass is 9.76. The molecule has 26 heavy (non-hydrogen) atoms. The fourth-order valence-corrected chi connectivity index (χ4v) is 3.33. The summed E-state index contributed by atoms with van der Waals surface area (Å²) >= 11 is 0. The number of hydrogen-bond donors (Lipinski definition) is 0. The van der Waals surface area contributed by atoms with E-state index in [4.69, 9.17) is 4.74 Å². The first-order chi connectivity index (χ1) is 12.1. The second-order valence-electron chi connectivity index (χ2n) is 8.79. The van der Waals surface area contributed by atoms with Gasteiger partial charge in [-0.1, -0.05) is 64.1 Å². The van der Waals surface area contributed by atoms with Gasteiger partial charge in [0.25, 0.3) is 0 Å². The van der Waals surface area contributed by atoms with Gasteiger partial charge in [-0.25, -0.2) is 0 Å². The van der Waals surface area contributed by atoms with E-state index < -0.39 is 0 Å². The zero-order chi connectivity index (χ0) is 19.5. The predicted octanol–water partition coefficient (Wildman–Crippen LogP) is 7.15. The molecule has 0 radical (unpaired) electrons. The molecule has 1 nitrogen and oxygen atoms in total. The molecule has 2 rings (SSSR count). The maximum absolute atomic E-state index is 6.49. The number of benzene rings is 2. The third-order valence-corrected chi connectivity index (χ3v) is 5.90. The van der Waals surface area contributed by atoms with Crippen molar-refractivity contribution in [2.24, 2.45) is 0 Å². The summed E-state index contributed by atoms with van der Waals surface area (Å²) < 4.78 is 6.49. The number of hydrogen-bond acceptors (Lipinski definition) is 1. The molecule has 0 saturated heterocycles. The first-order valence-corrected chi connectivity index (χ1v) is 9.97. The van der Waals surface area contributed by atoms with Crippen molar-refractivity contribution in [1.29, 1.82) is 0 Å². The van der Waals surface area contributed by atoms with Crippen LogP contribution in [0.25, 0.3) is 0 Å². The van der Waals surface area contributed by atoms with Crippen LogP contribution in [0.1, 0.15) is 82.2 Å². The molecular formula is C25H36O. The largest absolute Gasteiger partial charge is 0.487 e. The number of rotatable bonds is 7. The van der Waals surface area contributed by atoms with E-state index in [1.165, 1.54) is 27.8 Å². The lowest BCUT2D eigenvalue weighted by molar-refractivity contribution is 0.103. The van der Waals surface area contributed by atoms with E-state index in [1.807, 2.05) is 0 Å². The third-order valence-electron chi connectivity index (χ3n) is 5.90. The Hall–Kier alpha value is -1.76. The van der Waals surface area contributed by atoms with Gasteiger partial charge in [-0.15, -0.1) is 0 Å². The van der Waals surface area contributed by atoms with Crippen molar-refractivity contribution >= 4 is 0 Å². The first kappa shape index (κ1) is 20.6. The van der Waals surface area contributed by atoms with Crippen LogP contribution in [0.15, 0.2) is 36.4 Å². The highest BCUT2D eigenvalue weighted by molar-refractivity contribution is 5.53. The van der Waals surface area contributed by atoms with Crippen molar-refractivity contribution in [3.63, 3.8) is 0 Å². The highest BCUT2D eigenvalue weighted by atomic mass is 16.5. The molecule has 0 heterocycles. The van der Waals surface area contributed by atoms with Gasteiger partial charge in [0.05, 0.1) is 0 Å². The van der Waals surface area contributed by atoms with Crippen LogP contribution in [0.2, 0.25) is 0 Å². The molecule has 0 N–H and O–H groups in total. The van der Waals surface area contributed by atoms with Crippen LogP contribution in [0.5, 0.6) is 5.75 Å². The summed E-state index contributed by atoms with van der Waals surface area (Å²) in [4.78, 5) is 0. The average molecular weight is 353 g/mol. The molecule has 0 aromatic heterocycles. The van der Waals surface area contributed by atoms with Crippen LogP contribution in [0.4, 0.5) is 0 Å². The van der Waals surface area contributed by atoms with Crippen molar-refractivity contribution < 1.29 is 4.74 Å². The Labute approximate surface area is 160 Å². The maximum Gasteiger partial charge on any atom is 0.126 e. The standard InChI is InChI=1S/C25H36O/c1-9-24(5,6)22-16-18(3)23(26-25(7,8)10-2)19(4)21(22)17-20-14-12-11-13-15-20/h11-16H,9-10,17H2,1-8H3. The molecule has 0 aliphatic carbocycles. The monoisotopic (exact) mass is 352 g/mol. The van der Waals surface area contributed by atoms with Gasteiger partial charge in [-0.2, -0.15) is 0 Å². The Balaban J connectivity index is 2.63. The molecule has 0 saturated carbocycles. The van der Waals surface area contributed by atoms with Crippen molar-refractivity contribution in [3.05, 3.63) is 64.2 Å². The summed E-state index contributed by atoms with van der Waals surface area (Å²) in [7, 11) is 0. The second-order valence-corrected chi connectivity index (χ2v) is 8.79. The molecular weight excluding hydrogens is 316 g/mol. The van der Waals surface area contributed by atoms with Crippen molar-refractivity contribution in [2.75, 3.05) is 0 Å². The summed E-state index contributed by atoms with van der Waals surface area (Å²) in [6, 6.07) is 13.1. The van der Waals surface area contributed by atoms with Gasteiger partial charge < -0.3 is 4.74 Å². The van der Waals surface area contributed by atoms with Crippen molar-refractivity contribution in [3.8, 4) is 5.75 Å². The summed E-state index contributed by atoms with van der Waals surface area (Å²) in [5.41, 5.74) is 6.79. The molecule has 0 aliphatic rings. The van der Waals surface area contributed by atoms with Gasteiger partial charge in [0, 0.05) is 0 Å². The minimum absolute atomic E-state index is 0.151. The first-order valence-electron chi connectivity index (χ1n) is 9.97. The lowest BCUT2D eigenvalue weighted by Gasteiger charge is -2.32. The summed E-state index contributed by atoms with van der Waals surface area (Å²) in [5.74, 6) is 1.07. The van der Waals surface area contributed by atoms with Crippen molar-refractivity contribution in [1.82, 2.24) is 0 Å². The predicted molar refractivity (Wildman–Crippen MR) is 113 cm³/mol. The van der Waals surface area contributed by atoms with Crippen LogP contribution in [-0.2, 0) is 11.8 Å². The molecule has 2 aromatic rings. The zero-order valence-electron chi connectivity index (χ0n) is 18.0. The number of ether oxygens (including phenoxy) is 1. The molecule has 1 heteroatoms. The SMILES string of the molecule is CCC(C)(C)Oc1c(C)cc(C(C)(C)CC)c(Cc2ccccc2)c1C. The van der Waals surface area contributed by atoms with Crippen molar-refractivity contribution in [2.45, 2.75) is 85.7 Å². The molecule has 142 valence electrons. The quantitative estimate of drug-likeness (QED) is 0.514. The molecule has 0 spiro atoms. The fourth-order valence-electron chi connectivity index (χ4n) is 3.33. The van der Waals surface area contributed by atoms with E-state index >= 15 is 0 Å². The Kier molecular flexibility index (Phi) is 6.21. The van der Waals surface area contributed by atoms with Crippen LogP contribution < -0.4 is 4.74 Å². The lowest BCUT2D eigenvalue weighted by Crippen LogP contribution is -2.28. The van der Waals surface area contributed by atoms with Gasteiger partial charge in [0.15, 0.2) is 0 Å². The van der Waals surface area contributed by atoms with E-state index in [9.17, 15) is 0 Å². The van der Waals surface area contributed by atoms with Gasteiger partial charge in [0.2, 0.25) is 0 Å². The molecule has 0 unspecified atom stereocenters. The molecule has 0 fully saturated rings. The highest BCUT2D eigenvalue weighted by Crippen LogP contribution is 2.39. The van der Waals surface area contributed by atoms with Crippen LogP contribution in [0.3, 0.4) is 0 Å². The Morgan fingerprint density at radius 1 is 0.885 bits per heavy atom. The summed E-state index contributed by atoms with van der Waals surface area (Å²) in [5, 5.41) is 0. The number of aryl methyl sites for hydroxylation is 1. The maximum atomic E-state index is 6.49. The third kappa shape index (κ3) is 4.50. The molecule has 0 atom stereocenters. The summed E-state index contributed by atoms with van der Waals surface area (Å²) in [6.07, 6.45) is 3.06. The van der Waals surface area contributed by atoms with E-state index in [2.05, 4.69) is 91.8 Å². The van der Waals surface area contributed by atoms with Crippen LogP contribution in [-0.4, -0.2) is 5.60 Å². The second kappa shape index (κ2) is 7.86. The molecule has 0 aliphatic heterocycles.